The normalized spacial score (nSPS) is 11.4. The zero-order chi connectivity index (χ0) is 19.3. The summed E-state index contributed by atoms with van der Waals surface area (Å²) in [6.45, 7) is 4.42. The van der Waals surface area contributed by atoms with Crippen LogP contribution in [-0.2, 0) is 11.8 Å². The van der Waals surface area contributed by atoms with Gasteiger partial charge in [-0.25, -0.2) is 4.39 Å². The predicted octanol–water partition coefficient (Wildman–Crippen LogP) is 7.68. The molecule has 3 heteroatoms. The molecule has 0 fully saturated rings. The minimum Gasteiger partial charge on any atom is -0.457 e. The van der Waals surface area contributed by atoms with Crippen LogP contribution in [0.25, 0.3) is 0 Å². The predicted molar refractivity (Wildman–Crippen MR) is 113 cm³/mol. The van der Waals surface area contributed by atoms with Crippen molar-refractivity contribution in [2.75, 3.05) is 0 Å². The van der Waals surface area contributed by atoms with Crippen molar-refractivity contribution >= 4 is 15.9 Å². The van der Waals surface area contributed by atoms with Crippen LogP contribution in [0.3, 0.4) is 0 Å². The van der Waals surface area contributed by atoms with E-state index in [1.807, 2.05) is 54.6 Å². The monoisotopic (exact) mass is 426 g/mol. The maximum Gasteiger partial charge on any atom is 0.137 e. The molecule has 0 bridgehead atoms. The van der Waals surface area contributed by atoms with Gasteiger partial charge in [-0.3, -0.25) is 0 Å². The van der Waals surface area contributed by atoms with Crippen molar-refractivity contribution in [2.24, 2.45) is 0 Å². The molecule has 0 heterocycles. The fourth-order valence-electron chi connectivity index (χ4n) is 3.18. The third-order valence-electron chi connectivity index (χ3n) is 4.85. The Hall–Kier alpha value is -2.13. The van der Waals surface area contributed by atoms with Crippen LogP contribution in [-0.4, -0.2) is 0 Å². The molecule has 0 unspecified atom stereocenters. The summed E-state index contributed by atoms with van der Waals surface area (Å²) in [7, 11) is 0. The smallest absolute Gasteiger partial charge is 0.137 e. The van der Waals surface area contributed by atoms with Gasteiger partial charge in [-0.05, 0) is 88.1 Å². The minimum absolute atomic E-state index is 0.00559. The van der Waals surface area contributed by atoms with Crippen LogP contribution >= 0.6 is 15.9 Å². The number of aryl methyl sites for hydroxylation is 1. The second kappa shape index (κ2) is 8.71. The molecule has 0 saturated heterocycles. The van der Waals surface area contributed by atoms with Crippen molar-refractivity contribution in [1.29, 1.82) is 0 Å². The molecular formula is C24H24BrFO. The summed E-state index contributed by atoms with van der Waals surface area (Å²) < 4.78 is 19.9. The van der Waals surface area contributed by atoms with E-state index in [-0.39, 0.29) is 11.2 Å². The molecule has 1 nitrogen and oxygen atoms in total. The van der Waals surface area contributed by atoms with Gasteiger partial charge in [0.1, 0.15) is 17.3 Å². The highest BCUT2D eigenvalue weighted by atomic mass is 79.9. The van der Waals surface area contributed by atoms with Crippen LogP contribution in [0.5, 0.6) is 11.5 Å². The van der Waals surface area contributed by atoms with Crippen LogP contribution in [0.1, 0.15) is 37.8 Å². The van der Waals surface area contributed by atoms with E-state index in [9.17, 15) is 4.39 Å². The lowest BCUT2D eigenvalue weighted by Crippen LogP contribution is -2.17. The van der Waals surface area contributed by atoms with E-state index in [2.05, 4.69) is 41.9 Å². The van der Waals surface area contributed by atoms with Gasteiger partial charge >= 0.3 is 0 Å². The second-order valence-corrected chi connectivity index (χ2v) is 8.28. The Kier molecular flexibility index (Phi) is 6.33. The van der Waals surface area contributed by atoms with Crippen molar-refractivity contribution in [2.45, 2.75) is 38.5 Å². The van der Waals surface area contributed by atoms with Crippen molar-refractivity contribution < 1.29 is 9.13 Å². The molecule has 0 aliphatic rings. The lowest BCUT2D eigenvalue weighted by molar-refractivity contribution is 0.458. The van der Waals surface area contributed by atoms with Gasteiger partial charge in [-0.2, -0.15) is 0 Å². The highest BCUT2D eigenvalue weighted by Crippen LogP contribution is 2.32. The summed E-state index contributed by atoms with van der Waals surface area (Å²) in [4.78, 5) is 0. The number of hydrogen-bond donors (Lipinski definition) is 0. The summed E-state index contributed by atoms with van der Waals surface area (Å²) >= 11 is 3.29. The van der Waals surface area contributed by atoms with Crippen LogP contribution in [0.15, 0.2) is 77.3 Å². The van der Waals surface area contributed by atoms with E-state index >= 15 is 0 Å². The van der Waals surface area contributed by atoms with Crippen molar-refractivity contribution in [3.8, 4) is 11.5 Å². The topological polar surface area (TPSA) is 9.23 Å². The molecular weight excluding hydrogens is 403 g/mol. The molecule has 3 rings (SSSR count). The number of hydrogen-bond acceptors (Lipinski definition) is 1. The maximum absolute atomic E-state index is 13.5. The van der Waals surface area contributed by atoms with Gasteiger partial charge in [0, 0.05) is 0 Å². The Balaban J connectivity index is 1.59. The molecule has 3 aromatic rings. The molecule has 27 heavy (non-hydrogen) atoms. The first-order valence-corrected chi connectivity index (χ1v) is 10.0. The number of ether oxygens (including phenoxy) is 1. The van der Waals surface area contributed by atoms with Gasteiger partial charge in [-0.15, -0.1) is 0 Å². The lowest BCUT2D eigenvalue weighted by Gasteiger charge is -2.25. The van der Waals surface area contributed by atoms with E-state index in [0.29, 0.717) is 4.47 Å². The van der Waals surface area contributed by atoms with E-state index in [1.165, 1.54) is 11.6 Å². The van der Waals surface area contributed by atoms with Crippen LogP contribution in [0.2, 0.25) is 0 Å². The Morgan fingerprint density at radius 1 is 0.889 bits per heavy atom. The van der Waals surface area contributed by atoms with Crippen LogP contribution in [0.4, 0.5) is 4.39 Å². The maximum atomic E-state index is 13.5. The molecule has 0 amide bonds. The largest absolute Gasteiger partial charge is 0.457 e. The highest BCUT2D eigenvalue weighted by molar-refractivity contribution is 9.10. The molecule has 0 aliphatic heterocycles. The zero-order valence-electron chi connectivity index (χ0n) is 15.7. The SMILES string of the molecule is CC(C)(CCCc1cccc(Oc2ccccc2)c1)c1ccc(F)c(Br)c1. The van der Waals surface area contributed by atoms with Gasteiger partial charge in [-0.1, -0.05) is 50.2 Å². The van der Waals surface area contributed by atoms with Gasteiger partial charge in [0.25, 0.3) is 0 Å². The average molecular weight is 427 g/mol. The number of benzene rings is 3. The van der Waals surface area contributed by atoms with Crippen molar-refractivity contribution in [1.82, 2.24) is 0 Å². The van der Waals surface area contributed by atoms with E-state index in [1.54, 1.807) is 0 Å². The molecule has 0 atom stereocenters. The quantitative estimate of drug-likeness (QED) is 0.376. The van der Waals surface area contributed by atoms with Gasteiger partial charge in [0.15, 0.2) is 0 Å². The Morgan fingerprint density at radius 2 is 1.63 bits per heavy atom. The van der Waals surface area contributed by atoms with Crippen LogP contribution in [0, 0.1) is 5.82 Å². The number of halogens is 2. The fraction of sp³-hybridized carbons (Fsp3) is 0.250. The van der Waals surface area contributed by atoms with E-state index < -0.39 is 0 Å². The van der Waals surface area contributed by atoms with Gasteiger partial charge in [0.2, 0.25) is 0 Å². The third kappa shape index (κ3) is 5.43. The molecule has 0 aromatic heterocycles. The summed E-state index contributed by atoms with van der Waals surface area (Å²) in [5.74, 6) is 1.49. The molecule has 0 spiro atoms. The first-order valence-electron chi connectivity index (χ1n) is 9.21. The Morgan fingerprint density at radius 3 is 2.37 bits per heavy atom. The number of rotatable bonds is 7. The van der Waals surface area contributed by atoms with E-state index in [4.69, 9.17) is 4.74 Å². The Labute approximate surface area is 169 Å². The third-order valence-corrected chi connectivity index (χ3v) is 5.45. The molecule has 0 N–H and O–H groups in total. The zero-order valence-corrected chi connectivity index (χ0v) is 17.3. The second-order valence-electron chi connectivity index (χ2n) is 7.43. The van der Waals surface area contributed by atoms with Crippen molar-refractivity contribution in [3.63, 3.8) is 0 Å². The molecule has 140 valence electrons. The summed E-state index contributed by atoms with van der Waals surface area (Å²) in [5, 5.41) is 0. The van der Waals surface area contributed by atoms with Gasteiger partial charge < -0.3 is 4.74 Å². The summed E-state index contributed by atoms with van der Waals surface area (Å²) in [6.07, 6.45) is 3.06. The first kappa shape index (κ1) is 19.6. The molecule has 3 aromatic carbocycles. The highest BCUT2D eigenvalue weighted by Gasteiger charge is 2.21. The average Bonchev–Trinajstić information content (AvgIpc) is 2.65. The number of para-hydroxylation sites is 1. The molecule has 0 saturated carbocycles. The lowest BCUT2D eigenvalue weighted by atomic mass is 9.80. The first-order chi connectivity index (χ1) is 12.9. The van der Waals surface area contributed by atoms with Crippen molar-refractivity contribution in [3.05, 3.63) is 94.2 Å². The fourth-order valence-corrected chi connectivity index (χ4v) is 3.56. The molecule has 0 radical (unpaired) electrons. The van der Waals surface area contributed by atoms with Crippen LogP contribution < -0.4 is 4.74 Å². The minimum atomic E-state index is -0.218. The standard InChI is InChI=1S/C24H24BrFO/c1-24(2,19-13-14-23(26)22(25)17-19)15-7-9-18-8-6-12-21(16-18)27-20-10-4-3-5-11-20/h3-6,8,10-14,16-17H,7,9,15H2,1-2H3. The molecule has 0 aliphatic carbocycles. The van der Waals surface area contributed by atoms with Gasteiger partial charge in [0.05, 0.1) is 4.47 Å². The summed E-state index contributed by atoms with van der Waals surface area (Å²) in [5.41, 5.74) is 2.41. The Bertz CT molecular complexity index is 890. The van der Waals surface area contributed by atoms with E-state index in [0.717, 1.165) is 36.3 Å². The summed E-state index contributed by atoms with van der Waals surface area (Å²) in [6, 6.07) is 23.4.